The minimum absolute atomic E-state index is 0.140. The van der Waals surface area contributed by atoms with E-state index in [-0.39, 0.29) is 16.9 Å². The number of amides is 1. The molecule has 0 aliphatic carbocycles. The monoisotopic (exact) mass is 396 g/mol. The van der Waals surface area contributed by atoms with Gasteiger partial charge in [0.05, 0.1) is 17.8 Å². The zero-order chi connectivity index (χ0) is 19.3. The summed E-state index contributed by atoms with van der Waals surface area (Å²) in [5, 5.41) is 6.50. The Balaban J connectivity index is 1.49. The minimum atomic E-state index is -0.458. The lowest BCUT2D eigenvalue weighted by atomic mass is 9.95. The standard InChI is InChI=1S/C19H14ClFN6O/c20-14-8-23-18-15(25-14)12(7-22-18)13-6-5-11-17(24-13)26-16(27-19(11)28)9-1-3-10(21)4-2-9/h1-8,11,16-17,26H,(H,22,23)(H,27,28)/t11?,16-,17?/m0/s1. The van der Waals surface area contributed by atoms with E-state index in [4.69, 9.17) is 16.6 Å². The SMILES string of the molecule is O=C1N[C@@H](c2ccc(F)cc2)NC2N=C(c3c[nH]c4ncc(Cl)nc34)C=CC12. The minimum Gasteiger partial charge on any atom is -0.344 e. The summed E-state index contributed by atoms with van der Waals surface area (Å²) in [6, 6.07) is 5.99. The molecule has 2 aromatic heterocycles. The van der Waals surface area contributed by atoms with Gasteiger partial charge in [0, 0.05) is 11.8 Å². The third-order valence-corrected chi connectivity index (χ3v) is 5.02. The van der Waals surface area contributed by atoms with E-state index in [2.05, 4.69) is 25.6 Å². The summed E-state index contributed by atoms with van der Waals surface area (Å²) in [7, 11) is 0. The summed E-state index contributed by atoms with van der Waals surface area (Å²) in [6.07, 6.45) is 5.94. The number of halogens is 2. The molecule has 5 rings (SSSR count). The first-order chi connectivity index (χ1) is 13.6. The van der Waals surface area contributed by atoms with E-state index >= 15 is 0 Å². The van der Waals surface area contributed by atoms with Gasteiger partial charge in [0.1, 0.15) is 28.8 Å². The number of aromatic nitrogens is 3. The van der Waals surface area contributed by atoms with E-state index in [1.807, 2.05) is 6.08 Å². The second-order valence-electron chi connectivity index (χ2n) is 6.60. The Labute approximate surface area is 163 Å². The first-order valence-corrected chi connectivity index (χ1v) is 9.04. The quantitative estimate of drug-likeness (QED) is 0.620. The van der Waals surface area contributed by atoms with Crippen LogP contribution in [0.1, 0.15) is 17.3 Å². The van der Waals surface area contributed by atoms with Crippen molar-refractivity contribution in [3.05, 3.63) is 70.9 Å². The molecule has 9 heteroatoms. The number of allylic oxidation sites excluding steroid dienone is 1. The van der Waals surface area contributed by atoms with E-state index in [1.54, 1.807) is 24.4 Å². The van der Waals surface area contributed by atoms with Gasteiger partial charge in [-0.25, -0.2) is 14.4 Å². The predicted molar refractivity (Wildman–Crippen MR) is 102 cm³/mol. The molecule has 2 aliphatic rings. The van der Waals surface area contributed by atoms with Crippen molar-refractivity contribution in [2.24, 2.45) is 10.9 Å². The van der Waals surface area contributed by atoms with Crippen LogP contribution in [0.15, 0.2) is 53.8 Å². The van der Waals surface area contributed by atoms with Gasteiger partial charge in [-0.2, -0.15) is 0 Å². The molecule has 3 atom stereocenters. The number of benzene rings is 1. The molecule has 2 aliphatic heterocycles. The van der Waals surface area contributed by atoms with Gasteiger partial charge in [-0.05, 0) is 23.8 Å². The molecule has 0 saturated carbocycles. The third-order valence-electron chi connectivity index (χ3n) is 4.84. The molecular weight excluding hydrogens is 383 g/mol. The van der Waals surface area contributed by atoms with Crippen molar-refractivity contribution in [1.29, 1.82) is 0 Å². The Kier molecular flexibility index (Phi) is 3.96. The van der Waals surface area contributed by atoms with Crippen molar-refractivity contribution < 1.29 is 9.18 Å². The molecule has 0 spiro atoms. The van der Waals surface area contributed by atoms with Crippen LogP contribution in [-0.4, -0.2) is 32.7 Å². The Morgan fingerprint density at radius 2 is 2.00 bits per heavy atom. The van der Waals surface area contributed by atoms with Crippen LogP contribution in [0.2, 0.25) is 5.15 Å². The summed E-state index contributed by atoms with van der Waals surface area (Å²) in [4.78, 5) is 28.8. The fourth-order valence-corrected chi connectivity index (χ4v) is 3.59. The van der Waals surface area contributed by atoms with Gasteiger partial charge in [0.2, 0.25) is 5.91 Å². The second-order valence-corrected chi connectivity index (χ2v) is 6.98. The molecule has 28 heavy (non-hydrogen) atoms. The Morgan fingerprint density at radius 1 is 1.18 bits per heavy atom. The molecule has 1 amide bonds. The summed E-state index contributed by atoms with van der Waals surface area (Å²) < 4.78 is 13.2. The van der Waals surface area contributed by atoms with Gasteiger partial charge < -0.3 is 10.3 Å². The van der Waals surface area contributed by atoms with E-state index in [0.717, 1.165) is 11.1 Å². The number of hydrogen-bond donors (Lipinski definition) is 3. The summed E-state index contributed by atoms with van der Waals surface area (Å²) in [5.74, 6) is -0.900. The van der Waals surface area contributed by atoms with Crippen LogP contribution < -0.4 is 10.6 Å². The predicted octanol–water partition coefficient (Wildman–Crippen LogP) is 2.47. The first kappa shape index (κ1) is 17.0. The third kappa shape index (κ3) is 2.87. The number of aliphatic imine (C=N–C) groups is 1. The average molecular weight is 397 g/mol. The molecule has 0 radical (unpaired) electrons. The number of nitrogens with zero attached hydrogens (tertiary/aromatic N) is 3. The molecule has 2 unspecified atom stereocenters. The van der Waals surface area contributed by atoms with Crippen LogP contribution in [-0.2, 0) is 4.79 Å². The smallest absolute Gasteiger partial charge is 0.231 e. The van der Waals surface area contributed by atoms with Crippen LogP contribution in [0.3, 0.4) is 0 Å². The molecule has 4 heterocycles. The van der Waals surface area contributed by atoms with Crippen molar-refractivity contribution in [1.82, 2.24) is 25.6 Å². The molecule has 3 N–H and O–H groups in total. The summed E-state index contributed by atoms with van der Waals surface area (Å²) in [6.45, 7) is 0. The summed E-state index contributed by atoms with van der Waals surface area (Å²) >= 11 is 5.98. The Bertz CT molecular complexity index is 1140. The van der Waals surface area contributed by atoms with Gasteiger partial charge in [-0.1, -0.05) is 29.8 Å². The maximum Gasteiger partial charge on any atom is 0.231 e. The highest BCUT2D eigenvalue weighted by molar-refractivity contribution is 6.29. The van der Waals surface area contributed by atoms with Crippen molar-refractivity contribution >= 4 is 34.4 Å². The fraction of sp³-hybridized carbons (Fsp3) is 0.158. The zero-order valence-corrected chi connectivity index (χ0v) is 15.1. The van der Waals surface area contributed by atoms with E-state index in [1.165, 1.54) is 18.3 Å². The largest absolute Gasteiger partial charge is 0.344 e. The summed E-state index contributed by atoms with van der Waals surface area (Å²) in [5.41, 5.74) is 3.40. The van der Waals surface area contributed by atoms with E-state index < -0.39 is 18.2 Å². The van der Waals surface area contributed by atoms with Crippen LogP contribution in [0.5, 0.6) is 0 Å². The molecule has 7 nitrogen and oxygen atoms in total. The number of dihydropyridines is 1. The number of nitrogens with one attached hydrogen (secondary N) is 3. The van der Waals surface area contributed by atoms with Crippen molar-refractivity contribution in [2.45, 2.75) is 12.3 Å². The van der Waals surface area contributed by atoms with Crippen molar-refractivity contribution in [3.63, 3.8) is 0 Å². The molecular formula is C19H14ClFN6O. The highest BCUT2D eigenvalue weighted by Gasteiger charge is 2.37. The molecule has 1 saturated heterocycles. The van der Waals surface area contributed by atoms with Crippen LogP contribution in [0.4, 0.5) is 4.39 Å². The molecule has 0 bridgehead atoms. The number of H-pyrrole nitrogens is 1. The lowest BCUT2D eigenvalue weighted by Crippen LogP contribution is -2.56. The molecule has 1 aromatic carbocycles. The lowest BCUT2D eigenvalue weighted by Gasteiger charge is -2.36. The van der Waals surface area contributed by atoms with Gasteiger partial charge in [-0.15, -0.1) is 0 Å². The lowest BCUT2D eigenvalue weighted by molar-refractivity contribution is -0.127. The zero-order valence-electron chi connectivity index (χ0n) is 14.4. The van der Waals surface area contributed by atoms with Crippen LogP contribution in [0, 0.1) is 11.7 Å². The number of hydrogen-bond acceptors (Lipinski definition) is 5. The van der Waals surface area contributed by atoms with Crippen LogP contribution >= 0.6 is 11.6 Å². The van der Waals surface area contributed by atoms with Crippen molar-refractivity contribution in [2.75, 3.05) is 0 Å². The molecule has 1 fully saturated rings. The maximum atomic E-state index is 13.2. The van der Waals surface area contributed by atoms with Crippen molar-refractivity contribution in [3.8, 4) is 0 Å². The first-order valence-electron chi connectivity index (χ1n) is 8.66. The van der Waals surface area contributed by atoms with E-state index in [0.29, 0.717) is 16.9 Å². The molecule has 140 valence electrons. The number of carbonyl (C=O) groups is 1. The fourth-order valence-electron chi connectivity index (χ4n) is 3.46. The highest BCUT2D eigenvalue weighted by Crippen LogP contribution is 2.26. The number of rotatable bonds is 2. The Hall–Kier alpha value is -3.10. The number of carbonyl (C=O) groups excluding carboxylic acids is 1. The normalized spacial score (nSPS) is 24.0. The average Bonchev–Trinajstić information content (AvgIpc) is 3.11. The van der Waals surface area contributed by atoms with Gasteiger partial charge in [0.15, 0.2) is 5.65 Å². The van der Waals surface area contributed by atoms with E-state index in [9.17, 15) is 9.18 Å². The van der Waals surface area contributed by atoms with Gasteiger partial charge >= 0.3 is 0 Å². The molecule has 3 aromatic rings. The number of fused-ring (bicyclic) bond motifs is 2. The topological polar surface area (TPSA) is 95.1 Å². The number of aromatic amines is 1. The maximum absolute atomic E-state index is 13.2. The second kappa shape index (κ2) is 6.50. The Morgan fingerprint density at radius 3 is 2.82 bits per heavy atom. The highest BCUT2D eigenvalue weighted by atomic mass is 35.5. The van der Waals surface area contributed by atoms with Crippen LogP contribution in [0.25, 0.3) is 11.2 Å². The van der Waals surface area contributed by atoms with Gasteiger partial charge in [0.25, 0.3) is 0 Å². The van der Waals surface area contributed by atoms with Gasteiger partial charge in [-0.3, -0.25) is 15.1 Å².